The van der Waals surface area contributed by atoms with Crippen LogP contribution in [0, 0.1) is 0 Å². The van der Waals surface area contributed by atoms with Crippen LogP contribution in [0.5, 0.6) is 0 Å². The standard InChI is InChI=1S/2C4H10O.2C3H8O.Ti/c2*1-2-3-4-5;2*1-3(2)4;/h2*5H,2-4H2,1H3;2*3-4H,1-2H3;. The van der Waals surface area contributed by atoms with Crippen LogP contribution in [0.1, 0.15) is 67.2 Å². The maximum absolute atomic E-state index is 8.07. The summed E-state index contributed by atoms with van der Waals surface area (Å²) in [5.41, 5.74) is 0. The van der Waals surface area contributed by atoms with Gasteiger partial charge in [0.1, 0.15) is 0 Å². The molecular weight excluding hydrogens is 280 g/mol. The van der Waals surface area contributed by atoms with Gasteiger partial charge in [0, 0.05) is 47.1 Å². The molecule has 0 aliphatic rings. The van der Waals surface area contributed by atoms with Crippen LogP contribution in [0.25, 0.3) is 0 Å². The Hall–Kier alpha value is 0.554. The Morgan fingerprint density at radius 3 is 0.842 bits per heavy atom. The third-order valence-electron chi connectivity index (χ3n) is 1.02. The summed E-state index contributed by atoms with van der Waals surface area (Å²) in [7, 11) is 0. The molecule has 19 heavy (non-hydrogen) atoms. The first-order valence-corrected chi connectivity index (χ1v) is 6.87. The second-order valence-electron chi connectivity index (χ2n) is 4.34. The van der Waals surface area contributed by atoms with Crippen LogP contribution >= 0.6 is 0 Å². The molecule has 0 aromatic heterocycles. The third kappa shape index (κ3) is 245. The van der Waals surface area contributed by atoms with Gasteiger partial charge in [-0.2, -0.15) is 0 Å². The Morgan fingerprint density at radius 1 is 0.684 bits per heavy atom. The van der Waals surface area contributed by atoms with Gasteiger partial charge in [0.2, 0.25) is 0 Å². The van der Waals surface area contributed by atoms with E-state index in [4.69, 9.17) is 20.4 Å². The van der Waals surface area contributed by atoms with Gasteiger partial charge >= 0.3 is 0 Å². The van der Waals surface area contributed by atoms with Crippen LogP contribution in [-0.2, 0) is 21.7 Å². The number of aliphatic hydroxyl groups is 4. The minimum absolute atomic E-state index is 0. The maximum Gasteiger partial charge on any atom is 0.0483 e. The van der Waals surface area contributed by atoms with Crippen molar-refractivity contribution in [3.63, 3.8) is 0 Å². The molecule has 0 aliphatic carbocycles. The maximum atomic E-state index is 8.07. The topological polar surface area (TPSA) is 80.9 Å². The Bertz CT molecular complexity index is 79.9. The predicted molar refractivity (Wildman–Crippen MR) is 78.7 cm³/mol. The second-order valence-corrected chi connectivity index (χ2v) is 4.34. The molecule has 0 atom stereocenters. The molecule has 0 aromatic carbocycles. The van der Waals surface area contributed by atoms with Crippen LogP contribution in [-0.4, -0.2) is 45.8 Å². The van der Waals surface area contributed by atoms with E-state index in [0.29, 0.717) is 13.2 Å². The fourth-order valence-electron chi connectivity index (χ4n) is 0.316. The zero-order chi connectivity index (χ0) is 15.4. The van der Waals surface area contributed by atoms with Gasteiger partial charge in [0.05, 0.1) is 0 Å². The molecule has 0 rings (SSSR count). The molecule has 0 unspecified atom stereocenters. The van der Waals surface area contributed by atoms with Gasteiger partial charge in [-0.25, -0.2) is 0 Å². The first kappa shape index (κ1) is 31.8. The van der Waals surface area contributed by atoms with Gasteiger partial charge < -0.3 is 20.4 Å². The van der Waals surface area contributed by atoms with Crippen LogP contribution < -0.4 is 0 Å². The Kier molecular flexibility index (Phi) is 60.7. The summed E-state index contributed by atoms with van der Waals surface area (Å²) in [6.07, 6.45) is 3.74. The van der Waals surface area contributed by atoms with Crippen molar-refractivity contribution in [3.8, 4) is 0 Å². The van der Waals surface area contributed by atoms with Crippen LogP contribution in [0.2, 0.25) is 0 Å². The van der Waals surface area contributed by atoms with E-state index in [1.165, 1.54) is 0 Å². The molecule has 120 valence electrons. The summed E-state index contributed by atoms with van der Waals surface area (Å²) in [6, 6.07) is 0. The number of hydrogen-bond acceptors (Lipinski definition) is 4. The summed E-state index contributed by atoms with van der Waals surface area (Å²) >= 11 is 0. The van der Waals surface area contributed by atoms with Crippen molar-refractivity contribution in [3.05, 3.63) is 0 Å². The molecule has 4 nitrogen and oxygen atoms in total. The molecule has 0 radical (unpaired) electrons. The Morgan fingerprint density at radius 2 is 0.842 bits per heavy atom. The van der Waals surface area contributed by atoms with Crippen molar-refractivity contribution in [2.45, 2.75) is 79.4 Å². The van der Waals surface area contributed by atoms with E-state index in [-0.39, 0.29) is 33.9 Å². The fourth-order valence-corrected chi connectivity index (χ4v) is 0.316. The van der Waals surface area contributed by atoms with Gasteiger partial charge in [-0.15, -0.1) is 0 Å². The fraction of sp³-hybridized carbons (Fsp3) is 1.00. The molecule has 5 heteroatoms. The van der Waals surface area contributed by atoms with Gasteiger partial charge in [-0.1, -0.05) is 26.7 Å². The van der Waals surface area contributed by atoms with E-state index < -0.39 is 0 Å². The summed E-state index contributed by atoms with van der Waals surface area (Å²) in [4.78, 5) is 0. The van der Waals surface area contributed by atoms with Crippen LogP contribution in [0.15, 0.2) is 0 Å². The average molecular weight is 316 g/mol. The molecule has 0 heterocycles. The van der Waals surface area contributed by atoms with Crippen molar-refractivity contribution < 1.29 is 42.1 Å². The largest absolute Gasteiger partial charge is 0.396 e. The second kappa shape index (κ2) is 36.3. The molecule has 0 bridgehead atoms. The van der Waals surface area contributed by atoms with Crippen molar-refractivity contribution in [1.29, 1.82) is 0 Å². The first-order chi connectivity index (χ1) is 8.29. The van der Waals surface area contributed by atoms with E-state index in [0.717, 1.165) is 25.7 Å². The van der Waals surface area contributed by atoms with E-state index in [1.54, 1.807) is 27.7 Å². The molecule has 0 aliphatic heterocycles. The minimum atomic E-state index is -0.167. The molecular formula is C14H36O4Ti. The van der Waals surface area contributed by atoms with E-state index in [9.17, 15) is 0 Å². The number of rotatable bonds is 4. The molecule has 0 aromatic rings. The summed E-state index contributed by atoms with van der Waals surface area (Å²) in [5, 5.41) is 32.2. The van der Waals surface area contributed by atoms with E-state index in [2.05, 4.69) is 13.8 Å². The van der Waals surface area contributed by atoms with Crippen LogP contribution in [0.3, 0.4) is 0 Å². The number of unbranched alkanes of at least 4 members (excludes halogenated alkanes) is 2. The monoisotopic (exact) mass is 316 g/mol. The predicted octanol–water partition coefficient (Wildman–Crippen LogP) is 2.33. The Balaban J connectivity index is -0.0000000453. The van der Waals surface area contributed by atoms with Gasteiger partial charge in [0.25, 0.3) is 0 Å². The number of aliphatic hydroxyl groups excluding tert-OH is 4. The molecule has 0 saturated heterocycles. The summed E-state index contributed by atoms with van der Waals surface area (Å²) < 4.78 is 0. The van der Waals surface area contributed by atoms with E-state index >= 15 is 0 Å². The molecule has 0 fully saturated rings. The third-order valence-corrected chi connectivity index (χ3v) is 1.02. The van der Waals surface area contributed by atoms with Crippen molar-refractivity contribution in [2.75, 3.05) is 13.2 Å². The smallest absolute Gasteiger partial charge is 0.0483 e. The van der Waals surface area contributed by atoms with Crippen molar-refractivity contribution >= 4 is 0 Å². The van der Waals surface area contributed by atoms with Gasteiger partial charge in [-0.3, -0.25) is 0 Å². The molecule has 0 spiro atoms. The van der Waals surface area contributed by atoms with Crippen LogP contribution in [0.4, 0.5) is 0 Å². The van der Waals surface area contributed by atoms with Gasteiger partial charge in [0.15, 0.2) is 0 Å². The molecule has 0 amide bonds. The SMILES string of the molecule is CC(C)O.CC(C)O.CCCCO.CCCCO.[Ti]. The number of hydrogen-bond donors (Lipinski definition) is 4. The summed E-state index contributed by atoms with van der Waals surface area (Å²) in [5.74, 6) is 0. The van der Waals surface area contributed by atoms with Crippen molar-refractivity contribution in [1.82, 2.24) is 0 Å². The average Bonchev–Trinajstić information content (AvgIpc) is 2.19. The van der Waals surface area contributed by atoms with E-state index in [1.807, 2.05) is 0 Å². The quantitative estimate of drug-likeness (QED) is 0.600. The normalized spacial score (nSPS) is 8.21. The molecule has 4 N–H and O–H groups in total. The molecule has 0 saturated carbocycles. The van der Waals surface area contributed by atoms with Crippen molar-refractivity contribution in [2.24, 2.45) is 0 Å². The first-order valence-electron chi connectivity index (χ1n) is 6.87. The zero-order valence-corrected chi connectivity index (χ0v) is 15.2. The van der Waals surface area contributed by atoms with Gasteiger partial charge in [-0.05, 0) is 40.5 Å². The summed E-state index contributed by atoms with van der Waals surface area (Å²) in [6.45, 7) is 11.7. The Labute approximate surface area is 135 Å². The minimum Gasteiger partial charge on any atom is -0.396 e. The zero-order valence-electron chi connectivity index (χ0n) is 13.7.